The molecule has 0 aliphatic rings. The molecule has 0 spiro atoms. The van der Waals surface area contributed by atoms with Crippen molar-refractivity contribution in [3.05, 3.63) is 119 Å². The molecule has 11 heteroatoms. The lowest BCUT2D eigenvalue weighted by Gasteiger charge is -2.13. The van der Waals surface area contributed by atoms with Gasteiger partial charge < -0.3 is 33.2 Å². The third-order valence-electron chi connectivity index (χ3n) is 7.38. The third-order valence-corrected chi connectivity index (χ3v) is 7.38. The van der Waals surface area contributed by atoms with Gasteiger partial charge in [-0.15, -0.1) is 0 Å². The highest BCUT2D eigenvalue weighted by Crippen LogP contribution is 2.28. The van der Waals surface area contributed by atoms with Crippen molar-refractivity contribution < 1.29 is 52.3 Å². The molecule has 0 amide bonds. The van der Waals surface area contributed by atoms with E-state index in [1.165, 1.54) is 31.4 Å². The first kappa shape index (κ1) is 38.7. The lowest BCUT2D eigenvalue weighted by molar-refractivity contribution is -0.134. The van der Waals surface area contributed by atoms with E-state index in [-0.39, 0.29) is 41.4 Å². The summed E-state index contributed by atoms with van der Waals surface area (Å²) in [5, 5.41) is 0. The van der Waals surface area contributed by atoms with Crippen molar-refractivity contribution in [1.82, 2.24) is 0 Å². The Morgan fingerprint density at radius 2 is 1.06 bits per heavy atom. The molecule has 0 aliphatic carbocycles. The van der Waals surface area contributed by atoms with Crippen LogP contribution in [0.15, 0.2) is 97.1 Å². The van der Waals surface area contributed by atoms with Crippen molar-refractivity contribution in [2.24, 2.45) is 0 Å². The average molecular weight is 711 g/mol. The first-order chi connectivity index (χ1) is 25.3. The molecule has 52 heavy (non-hydrogen) atoms. The molecule has 0 bridgehead atoms. The molecule has 0 radical (unpaired) electrons. The van der Waals surface area contributed by atoms with Gasteiger partial charge in [0.25, 0.3) is 0 Å². The van der Waals surface area contributed by atoms with Crippen molar-refractivity contribution >= 4 is 30.0 Å². The van der Waals surface area contributed by atoms with Gasteiger partial charge in [0.15, 0.2) is 0 Å². The standard InChI is InChI=1S/C41H42O11/c1-4-6-24-47-33-17-11-30(12-18-33)39(43)51-35-21-22-37(52-40(44)31-13-19-34(20-14-31)48-25-7-5-2)36(28-35)41(45)50-27-26-49-32-15-8-29(9-16-32)10-23-38(42)46-3/h8-23,28H,4-7,24-27H2,1-3H3/b23-10+. The minimum absolute atomic E-state index is 0.0116. The van der Waals surface area contributed by atoms with Crippen molar-refractivity contribution in [1.29, 1.82) is 0 Å². The van der Waals surface area contributed by atoms with Gasteiger partial charge >= 0.3 is 23.9 Å². The molecule has 0 aliphatic heterocycles. The van der Waals surface area contributed by atoms with Gasteiger partial charge in [-0.3, -0.25) is 0 Å². The predicted octanol–water partition coefficient (Wildman–Crippen LogP) is 7.90. The Kier molecular flexibility index (Phi) is 15.3. The Bertz CT molecular complexity index is 1790. The van der Waals surface area contributed by atoms with Crippen LogP contribution in [0.25, 0.3) is 6.08 Å². The molecular weight excluding hydrogens is 668 g/mol. The minimum Gasteiger partial charge on any atom is -0.494 e. The Labute approximate surface area is 303 Å². The van der Waals surface area contributed by atoms with E-state index < -0.39 is 23.9 Å². The number of rotatable bonds is 19. The molecule has 0 fully saturated rings. The summed E-state index contributed by atoms with van der Waals surface area (Å²) >= 11 is 0. The van der Waals surface area contributed by atoms with Crippen LogP contribution in [0, 0.1) is 0 Å². The Balaban J connectivity index is 1.43. The largest absolute Gasteiger partial charge is 0.494 e. The van der Waals surface area contributed by atoms with Gasteiger partial charge in [0.1, 0.15) is 47.5 Å². The lowest BCUT2D eigenvalue weighted by Crippen LogP contribution is -2.16. The van der Waals surface area contributed by atoms with Gasteiger partial charge in [-0.05, 0) is 103 Å². The number of carbonyl (C=O) groups is 4. The summed E-state index contributed by atoms with van der Waals surface area (Å²) < 4.78 is 38.2. The minimum atomic E-state index is -0.833. The van der Waals surface area contributed by atoms with Gasteiger partial charge in [-0.2, -0.15) is 0 Å². The highest BCUT2D eigenvalue weighted by molar-refractivity contribution is 5.97. The van der Waals surface area contributed by atoms with Crippen LogP contribution in [0.4, 0.5) is 0 Å². The second-order valence-electron chi connectivity index (χ2n) is 11.3. The topological polar surface area (TPSA) is 133 Å². The smallest absolute Gasteiger partial charge is 0.343 e. The number of methoxy groups -OCH3 is 1. The predicted molar refractivity (Wildman–Crippen MR) is 193 cm³/mol. The van der Waals surface area contributed by atoms with E-state index in [0.29, 0.717) is 30.5 Å². The Hall–Kier alpha value is -6.10. The van der Waals surface area contributed by atoms with Crippen molar-refractivity contribution in [2.45, 2.75) is 39.5 Å². The van der Waals surface area contributed by atoms with Crippen LogP contribution >= 0.6 is 0 Å². The van der Waals surface area contributed by atoms with E-state index in [9.17, 15) is 19.2 Å². The first-order valence-corrected chi connectivity index (χ1v) is 17.0. The SMILES string of the molecule is CCCCOc1ccc(C(=O)Oc2ccc(OC(=O)c3ccc(OCCCC)cc3)c(C(=O)OCCOc3ccc(/C=C/C(=O)OC)cc3)c2)cc1. The summed E-state index contributed by atoms with van der Waals surface area (Å²) in [5.41, 5.74) is 1.13. The quantitative estimate of drug-likeness (QED) is 0.0407. The van der Waals surface area contributed by atoms with Gasteiger partial charge in [0.05, 0.1) is 31.5 Å². The zero-order chi connectivity index (χ0) is 37.1. The summed E-state index contributed by atoms with van der Waals surface area (Å²) in [4.78, 5) is 50.7. The van der Waals surface area contributed by atoms with Gasteiger partial charge in [0.2, 0.25) is 0 Å². The molecule has 4 rings (SSSR count). The highest BCUT2D eigenvalue weighted by Gasteiger charge is 2.21. The van der Waals surface area contributed by atoms with Crippen molar-refractivity contribution in [3.8, 4) is 28.7 Å². The molecule has 0 unspecified atom stereocenters. The van der Waals surface area contributed by atoms with Crippen LogP contribution in [0.1, 0.15) is 76.2 Å². The van der Waals surface area contributed by atoms with Crippen LogP contribution in [-0.4, -0.2) is 57.4 Å². The Morgan fingerprint density at radius 3 is 1.60 bits per heavy atom. The zero-order valence-corrected chi connectivity index (χ0v) is 29.5. The van der Waals surface area contributed by atoms with Crippen molar-refractivity contribution in [2.75, 3.05) is 33.5 Å². The maximum atomic E-state index is 13.3. The van der Waals surface area contributed by atoms with Gasteiger partial charge in [-0.1, -0.05) is 38.8 Å². The normalized spacial score (nSPS) is 10.7. The first-order valence-electron chi connectivity index (χ1n) is 17.0. The molecule has 0 saturated heterocycles. The van der Waals surface area contributed by atoms with E-state index >= 15 is 0 Å². The number of esters is 4. The van der Waals surface area contributed by atoms with Crippen LogP contribution in [0.5, 0.6) is 28.7 Å². The molecule has 0 atom stereocenters. The average Bonchev–Trinajstić information content (AvgIpc) is 3.17. The van der Waals surface area contributed by atoms with E-state index in [1.54, 1.807) is 78.9 Å². The second-order valence-corrected chi connectivity index (χ2v) is 11.3. The molecule has 11 nitrogen and oxygen atoms in total. The number of carbonyl (C=O) groups excluding carboxylic acids is 4. The van der Waals surface area contributed by atoms with Gasteiger partial charge in [-0.25, -0.2) is 19.2 Å². The van der Waals surface area contributed by atoms with E-state index in [0.717, 1.165) is 31.2 Å². The fourth-order valence-electron chi connectivity index (χ4n) is 4.47. The highest BCUT2D eigenvalue weighted by atomic mass is 16.6. The maximum Gasteiger partial charge on any atom is 0.343 e. The fourth-order valence-corrected chi connectivity index (χ4v) is 4.47. The molecule has 0 N–H and O–H groups in total. The molecule has 4 aromatic rings. The third kappa shape index (κ3) is 12.3. The summed E-state index contributed by atoms with van der Waals surface area (Å²) in [6.45, 7) is 5.14. The summed E-state index contributed by atoms with van der Waals surface area (Å²) in [7, 11) is 1.30. The van der Waals surface area contributed by atoms with Crippen LogP contribution in [0.3, 0.4) is 0 Å². The maximum absolute atomic E-state index is 13.3. The number of hydrogen-bond acceptors (Lipinski definition) is 11. The summed E-state index contributed by atoms with van der Waals surface area (Å²) in [6, 6.07) is 23.9. The number of ether oxygens (including phenoxy) is 7. The molecule has 4 aromatic carbocycles. The van der Waals surface area contributed by atoms with E-state index in [1.807, 2.05) is 0 Å². The monoisotopic (exact) mass is 710 g/mol. The second kappa shape index (κ2) is 20.5. The lowest BCUT2D eigenvalue weighted by atomic mass is 10.1. The number of benzene rings is 4. The van der Waals surface area contributed by atoms with E-state index in [2.05, 4.69) is 18.6 Å². The zero-order valence-electron chi connectivity index (χ0n) is 29.5. The molecule has 0 saturated carbocycles. The van der Waals surface area contributed by atoms with Crippen LogP contribution in [0.2, 0.25) is 0 Å². The van der Waals surface area contributed by atoms with Crippen LogP contribution < -0.4 is 23.7 Å². The Morgan fingerprint density at radius 1 is 0.558 bits per heavy atom. The summed E-state index contributed by atoms with van der Waals surface area (Å²) in [5.74, 6) is -0.975. The van der Waals surface area contributed by atoms with E-state index in [4.69, 9.17) is 28.4 Å². The van der Waals surface area contributed by atoms with Crippen LogP contribution in [-0.2, 0) is 14.3 Å². The number of hydrogen-bond donors (Lipinski definition) is 0. The summed E-state index contributed by atoms with van der Waals surface area (Å²) in [6.07, 6.45) is 6.73. The molecule has 0 heterocycles. The molecule has 0 aromatic heterocycles. The fraction of sp³-hybridized carbons (Fsp3) is 0.268. The molecular formula is C41H42O11. The number of unbranched alkanes of at least 4 members (excludes halogenated alkanes) is 2. The van der Waals surface area contributed by atoms with Crippen molar-refractivity contribution in [3.63, 3.8) is 0 Å². The van der Waals surface area contributed by atoms with Gasteiger partial charge in [0, 0.05) is 6.08 Å². The molecule has 272 valence electrons.